The fourth-order valence-electron chi connectivity index (χ4n) is 2.31. The molecular weight excluding hydrogens is 230 g/mol. The Morgan fingerprint density at radius 3 is 2.89 bits per heavy atom. The normalized spacial score (nSPS) is 17.8. The summed E-state index contributed by atoms with van der Waals surface area (Å²) in [7, 11) is 0. The van der Waals surface area contributed by atoms with Gasteiger partial charge in [0.2, 0.25) is 0 Å². The fourth-order valence-corrected chi connectivity index (χ4v) is 2.31. The molecule has 0 unspecified atom stereocenters. The van der Waals surface area contributed by atoms with Gasteiger partial charge in [-0.05, 0) is 38.4 Å². The fraction of sp³-hybridized carbons (Fsp3) is 0.667. The maximum Gasteiger partial charge on any atom is 0.271 e. The Kier molecular flexibility index (Phi) is 4.19. The zero-order valence-corrected chi connectivity index (χ0v) is 10.8. The molecule has 2 rings (SSSR count). The van der Waals surface area contributed by atoms with Gasteiger partial charge in [0.05, 0.1) is 11.9 Å². The van der Waals surface area contributed by atoms with Gasteiger partial charge >= 0.3 is 0 Å². The number of hydrogen-bond donors (Lipinski definition) is 3. The lowest BCUT2D eigenvalue weighted by Crippen LogP contribution is -2.38. The zero-order valence-electron chi connectivity index (χ0n) is 10.8. The van der Waals surface area contributed by atoms with Crippen molar-refractivity contribution in [3.63, 3.8) is 0 Å². The van der Waals surface area contributed by atoms with Gasteiger partial charge in [-0.2, -0.15) is 5.10 Å². The quantitative estimate of drug-likeness (QED) is 0.725. The van der Waals surface area contributed by atoms with Gasteiger partial charge in [0.25, 0.3) is 5.91 Å². The third kappa shape index (κ3) is 3.01. The first kappa shape index (κ1) is 12.9. The monoisotopic (exact) mass is 251 g/mol. The Morgan fingerprint density at radius 1 is 1.61 bits per heavy atom. The minimum atomic E-state index is -0.164. The van der Waals surface area contributed by atoms with E-state index in [1.807, 2.05) is 0 Å². The number of anilines is 1. The summed E-state index contributed by atoms with van der Waals surface area (Å²) in [5.74, 6) is 0.406. The highest BCUT2D eigenvalue weighted by atomic mass is 16.1. The van der Waals surface area contributed by atoms with E-state index in [2.05, 4.69) is 27.3 Å². The Labute approximate surface area is 107 Å². The van der Waals surface area contributed by atoms with Crippen LogP contribution < -0.4 is 11.1 Å². The highest BCUT2D eigenvalue weighted by Gasteiger charge is 2.19. The molecule has 0 saturated carbocycles. The van der Waals surface area contributed by atoms with Crippen molar-refractivity contribution in [1.82, 2.24) is 20.4 Å². The molecule has 0 spiro atoms. The Hall–Kier alpha value is -1.56. The standard InChI is InChI=1S/C12H21N5O/c1-2-17-5-3-9(4-6-17)7-14-12(18)11-10(13)8-15-16-11/h8-9H,2-7,13H2,1H3,(H,14,18)(H,15,16). The summed E-state index contributed by atoms with van der Waals surface area (Å²) in [4.78, 5) is 14.3. The summed E-state index contributed by atoms with van der Waals surface area (Å²) in [5.41, 5.74) is 6.38. The molecule has 1 aromatic rings. The number of hydrogen-bond acceptors (Lipinski definition) is 4. The van der Waals surface area contributed by atoms with Crippen molar-refractivity contribution in [2.75, 3.05) is 31.9 Å². The molecule has 1 aliphatic rings. The van der Waals surface area contributed by atoms with Crippen LogP contribution >= 0.6 is 0 Å². The second-order valence-electron chi connectivity index (χ2n) is 4.79. The van der Waals surface area contributed by atoms with E-state index in [0.717, 1.165) is 39.0 Å². The summed E-state index contributed by atoms with van der Waals surface area (Å²) < 4.78 is 0. The van der Waals surface area contributed by atoms with Crippen LogP contribution in [-0.4, -0.2) is 47.2 Å². The van der Waals surface area contributed by atoms with E-state index in [9.17, 15) is 4.79 Å². The molecule has 0 aromatic carbocycles. The zero-order chi connectivity index (χ0) is 13.0. The van der Waals surface area contributed by atoms with Crippen LogP contribution in [-0.2, 0) is 0 Å². The number of nitrogen functional groups attached to an aromatic ring is 1. The van der Waals surface area contributed by atoms with E-state index in [0.29, 0.717) is 17.3 Å². The van der Waals surface area contributed by atoms with Gasteiger partial charge < -0.3 is 16.0 Å². The van der Waals surface area contributed by atoms with E-state index >= 15 is 0 Å². The van der Waals surface area contributed by atoms with E-state index in [-0.39, 0.29) is 5.91 Å². The molecule has 0 radical (unpaired) electrons. The van der Waals surface area contributed by atoms with E-state index in [4.69, 9.17) is 5.73 Å². The smallest absolute Gasteiger partial charge is 0.271 e. The maximum absolute atomic E-state index is 11.8. The summed E-state index contributed by atoms with van der Waals surface area (Å²) in [5, 5.41) is 9.27. The number of aromatic nitrogens is 2. The highest BCUT2D eigenvalue weighted by molar-refractivity contribution is 5.96. The SMILES string of the molecule is CCN1CCC(CNC(=O)c2[nH]ncc2N)CC1. The van der Waals surface area contributed by atoms with Crippen molar-refractivity contribution >= 4 is 11.6 Å². The van der Waals surface area contributed by atoms with Gasteiger partial charge in [-0.1, -0.05) is 6.92 Å². The lowest BCUT2D eigenvalue weighted by Gasteiger charge is -2.30. The maximum atomic E-state index is 11.8. The molecular formula is C12H21N5O. The van der Waals surface area contributed by atoms with Crippen LogP contribution in [0.15, 0.2) is 6.20 Å². The van der Waals surface area contributed by atoms with Crippen molar-refractivity contribution in [2.24, 2.45) is 5.92 Å². The second kappa shape index (κ2) is 5.86. The Balaban J connectivity index is 1.76. The molecule has 1 aliphatic heterocycles. The number of H-pyrrole nitrogens is 1. The number of piperidine rings is 1. The molecule has 1 aromatic heterocycles. The summed E-state index contributed by atoms with van der Waals surface area (Å²) in [6, 6.07) is 0. The van der Waals surface area contributed by atoms with Crippen LogP contribution in [0.2, 0.25) is 0 Å². The van der Waals surface area contributed by atoms with E-state index in [1.54, 1.807) is 0 Å². The van der Waals surface area contributed by atoms with Crippen molar-refractivity contribution in [2.45, 2.75) is 19.8 Å². The Bertz CT molecular complexity index is 395. The van der Waals surface area contributed by atoms with Crippen molar-refractivity contribution in [3.8, 4) is 0 Å². The molecule has 0 bridgehead atoms. The van der Waals surface area contributed by atoms with Gasteiger partial charge in [0, 0.05) is 6.54 Å². The molecule has 6 nitrogen and oxygen atoms in total. The van der Waals surface area contributed by atoms with E-state index in [1.165, 1.54) is 6.20 Å². The lowest BCUT2D eigenvalue weighted by molar-refractivity contribution is 0.0932. The average Bonchev–Trinajstić information content (AvgIpc) is 2.83. The van der Waals surface area contributed by atoms with Crippen LogP contribution in [0.1, 0.15) is 30.3 Å². The summed E-state index contributed by atoms with van der Waals surface area (Å²) in [6.07, 6.45) is 3.74. The lowest BCUT2D eigenvalue weighted by atomic mass is 9.97. The summed E-state index contributed by atoms with van der Waals surface area (Å²) >= 11 is 0. The minimum Gasteiger partial charge on any atom is -0.396 e. The van der Waals surface area contributed by atoms with Crippen molar-refractivity contribution < 1.29 is 4.79 Å². The molecule has 0 aliphatic carbocycles. The number of carbonyl (C=O) groups is 1. The number of aromatic amines is 1. The Morgan fingerprint density at radius 2 is 2.33 bits per heavy atom. The second-order valence-corrected chi connectivity index (χ2v) is 4.79. The largest absolute Gasteiger partial charge is 0.396 e. The van der Waals surface area contributed by atoms with Gasteiger partial charge in [-0.25, -0.2) is 0 Å². The predicted octanol–water partition coefficient (Wildman–Crippen LogP) is 0.454. The molecule has 0 atom stereocenters. The van der Waals surface area contributed by atoms with Crippen LogP contribution in [0.5, 0.6) is 0 Å². The van der Waals surface area contributed by atoms with Crippen LogP contribution in [0.3, 0.4) is 0 Å². The molecule has 2 heterocycles. The number of rotatable bonds is 4. The molecule has 4 N–H and O–H groups in total. The van der Waals surface area contributed by atoms with E-state index < -0.39 is 0 Å². The number of nitrogens with two attached hydrogens (primary N) is 1. The number of nitrogens with one attached hydrogen (secondary N) is 2. The van der Waals surface area contributed by atoms with Gasteiger partial charge in [0.1, 0.15) is 5.69 Å². The molecule has 100 valence electrons. The average molecular weight is 251 g/mol. The van der Waals surface area contributed by atoms with Crippen LogP contribution in [0.4, 0.5) is 5.69 Å². The molecule has 18 heavy (non-hydrogen) atoms. The first-order valence-electron chi connectivity index (χ1n) is 6.50. The number of carbonyl (C=O) groups excluding carboxylic acids is 1. The van der Waals surface area contributed by atoms with Gasteiger partial charge in [0.15, 0.2) is 0 Å². The third-order valence-corrected chi connectivity index (χ3v) is 3.60. The third-order valence-electron chi connectivity index (χ3n) is 3.60. The molecule has 1 amide bonds. The first-order valence-corrected chi connectivity index (χ1v) is 6.50. The number of nitrogens with zero attached hydrogens (tertiary/aromatic N) is 2. The molecule has 6 heteroatoms. The van der Waals surface area contributed by atoms with Crippen LogP contribution in [0.25, 0.3) is 0 Å². The minimum absolute atomic E-state index is 0.164. The van der Waals surface area contributed by atoms with Crippen LogP contribution in [0, 0.1) is 5.92 Å². The number of likely N-dealkylation sites (tertiary alicyclic amines) is 1. The topological polar surface area (TPSA) is 87.0 Å². The summed E-state index contributed by atoms with van der Waals surface area (Å²) in [6.45, 7) is 6.27. The molecule has 1 saturated heterocycles. The predicted molar refractivity (Wildman–Crippen MR) is 70.2 cm³/mol. The first-order chi connectivity index (χ1) is 8.70. The molecule has 1 fully saturated rings. The van der Waals surface area contributed by atoms with Gasteiger partial charge in [-0.3, -0.25) is 9.89 Å². The highest BCUT2D eigenvalue weighted by Crippen LogP contribution is 2.16. The van der Waals surface area contributed by atoms with Gasteiger partial charge in [-0.15, -0.1) is 0 Å². The van der Waals surface area contributed by atoms with Crippen molar-refractivity contribution in [3.05, 3.63) is 11.9 Å². The number of amides is 1. The van der Waals surface area contributed by atoms with Crippen molar-refractivity contribution in [1.29, 1.82) is 0 Å².